The van der Waals surface area contributed by atoms with E-state index in [2.05, 4.69) is 27.0 Å². The number of methoxy groups -OCH3 is 1. The van der Waals surface area contributed by atoms with Gasteiger partial charge in [0.1, 0.15) is 0 Å². The van der Waals surface area contributed by atoms with Gasteiger partial charge < -0.3 is 15.0 Å². The van der Waals surface area contributed by atoms with E-state index < -0.39 is 0 Å². The fourth-order valence-corrected chi connectivity index (χ4v) is 2.47. The predicted molar refractivity (Wildman–Crippen MR) is 72.0 cm³/mol. The van der Waals surface area contributed by atoms with Crippen molar-refractivity contribution in [1.29, 1.82) is 0 Å². The third kappa shape index (κ3) is 3.96. The normalized spacial score (nSPS) is 14.8. The Morgan fingerprint density at radius 2 is 2.44 bits per heavy atom. The summed E-state index contributed by atoms with van der Waals surface area (Å²) in [6.07, 6.45) is 2.91. The number of anilines is 1. The molecule has 1 fully saturated rings. The van der Waals surface area contributed by atoms with Crippen LogP contribution < -0.4 is 5.32 Å². The van der Waals surface area contributed by atoms with Gasteiger partial charge in [0, 0.05) is 24.5 Å². The number of esters is 1. The third-order valence-corrected chi connectivity index (χ3v) is 3.86. The average Bonchev–Trinajstić information content (AvgIpc) is 3.12. The molecule has 0 unspecified atom stereocenters. The van der Waals surface area contributed by atoms with Crippen LogP contribution in [0.25, 0.3) is 0 Å². The second-order valence-electron chi connectivity index (χ2n) is 4.54. The van der Waals surface area contributed by atoms with Gasteiger partial charge in [-0.05, 0) is 19.9 Å². The number of likely N-dealkylation sites (N-methyl/N-ethyl adjacent to an activating group) is 1. The quantitative estimate of drug-likeness (QED) is 0.758. The minimum atomic E-state index is -0.250. The maximum Gasteiger partial charge on any atom is 0.311 e. The van der Waals surface area contributed by atoms with Gasteiger partial charge in [-0.25, -0.2) is 4.98 Å². The largest absolute Gasteiger partial charge is 0.469 e. The predicted octanol–water partition coefficient (Wildman–Crippen LogP) is 1.36. The first-order valence-electron chi connectivity index (χ1n) is 6.14. The van der Waals surface area contributed by atoms with Crippen LogP contribution in [0.3, 0.4) is 0 Å². The molecule has 0 aliphatic heterocycles. The van der Waals surface area contributed by atoms with Crippen LogP contribution in [0.15, 0.2) is 5.38 Å². The lowest BCUT2D eigenvalue weighted by Gasteiger charge is -2.15. The van der Waals surface area contributed by atoms with Crippen LogP contribution >= 0.6 is 11.3 Å². The molecule has 1 aliphatic rings. The summed E-state index contributed by atoms with van der Waals surface area (Å²) in [5.41, 5.74) is 0.768. The zero-order chi connectivity index (χ0) is 13.0. The van der Waals surface area contributed by atoms with Crippen LogP contribution in [0, 0.1) is 0 Å². The minimum absolute atomic E-state index is 0.247. The highest BCUT2D eigenvalue weighted by Crippen LogP contribution is 2.24. The first-order valence-corrected chi connectivity index (χ1v) is 7.02. The summed E-state index contributed by atoms with van der Waals surface area (Å²) in [4.78, 5) is 17.8. The number of nitrogens with one attached hydrogen (secondary N) is 1. The van der Waals surface area contributed by atoms with E-state index in [1.807, 2.05) is 5.38 Å². The highest BCUT2D eigenvalue weighted by molar-refractivity contribution is 7.13. The number of hydrogen-bond donors (Lipinski definition) is 1. The molecule has 1 aromatic heterocycles. The molecule has 1 aromatic rings. The number of rotatable bonds is 7. The molecule has 0 atom stereocenters. The molecule has 2 rings (SSSR count). The number of carbonyl (C=O) groups excluding carboxylic acids is 1. The van der Waals surface area contributed by atoms with Crippen LogP contribution in [-0.2, 0) is 16.0 Å². The Morgan fingerprint density at radius 1 is 1.67 bits per heavy atom. The van der Waals surface area contributed by atoms with Gasteiger partial charge in [0.05, 0.1) is 19.2 Å². The van der Waals surface area contributed by atoms with E-state index in [0.717, 1.165) is 30.0 Å². The molecule has 18 heavy (non-hydrogen) atoms. The van der Waals surface area contributed by atoms with Crippen molar-refractivity contribution >= 4 is 22.4 Å². The topological polar surface area (TPSA) is 54.5 Å². The summed E-state index contributed by atoms with van der Waals surface area (Å²) < 4.78 is 4.61. The molecule has 1 heterocycles. The van der Waals surface area contributed by atoms with Gasteiger partial charge in [-0.3, -0.25) is 4.79 Å². The standard InChI is InChI=1S/C12H19N3O2S/c1-15(10-3-4-10)6-5-13-12-14-9(8-18-12)7-11(16)17-2/h8,10H,3-7H2,1-2H3,(H,13,14). The van der Waals surface area contributed by atoms with Gasteiger partial charge in [0.25, 0.3) is 0 Å². The summed E-state index contributed by atoms with van der Waals surface area (Å²) in [5, 5.41) is 6.05. The zero-order valence-corrected chi connectivity index (χ0v) is 11.6. The van der Waals surface area contributed by atoms with E-state index in [-0.39, 0.29) is 12.4 Å². The van der Waals surface area contributed by atoms with Crippen molar-refractivity contribution in [1.82, 2.24) is 9.88 Å². The Hall–Kier alpha value is -1.14. The van der Waals surface area contributed by atoms with Crippen molar-refractivity contribution in [3.63, 3.8) is 0 Å². The molecule has 6 heteroatoms. The maximum absolute atomic E-state index is 11.1. The molecular weight excluding hydrogens is 250 g/mol. The molecule has 1 aliphatic carbocycles. The molecule has 0 amide bonds. The molecule has 100 valence electrons. The summed E-state index contributed by atoms with van der Waals surface area (Å²) >= 11 is 1.53. The Morgan fingerprint density at radius 3 is 3.11 bits per heavy atom. The van der Waals surface area contributed by atoms with E-state index >= 15 is 0 Å². The lowest BCUT2D eigenvalue weighted by molar-refractivity contribution is -0.139. The minimum Gasteiger partial charge on any atom is -0.469 e. The second-order valence-corrected chi connectivity index (χ2v) is 5.39. The van der Waals surface area contributed by atoms with Crippen LogP contribution in [0.2, 0.25) is 0 Å². The number of ether oxygens (including phenoxy) is 1. The van der Waals surface area contributed by atoms with E-state index in [9.17, 15) is 4.79 Å². The molecule has 0 radical (unpaired) electrons. The first-order chi connectivity index (χ1) is 8.69. The lowest BCUT2D eigenvalue weighted by Crippen LogP contribution is -2.26. The highest BCUT2D eigenvalue weighted by atomic mass is 32.1. The van der Waals surface area contributed by atoms with Crippen molar-refractivity contribution < 1.29 is 9.53 Å². The maximum atomic E-state index is 11.1. The van der Waals surface area contributed by atoms with Crippen LogP contribution in [-0.4, -0.2) is 49.1 Å². The van der Waals surface area contributed by atoms with Gasteiger partial charge in [-0.2, -0.15) is 0 Å². The van der Waals surface area contributed by atoms with Gasteiger partial charge in [-0.1, -0.05) is 0 Å². The number of aromatic nitrogens is 1. The number of carbonyl (C=O) groups is 1. The number of thiazole rings is 1. The molecule has 0 bridgehead atoms. The summed E-state index contributed by atoms with van der Waals surface area (Å²) in [6, 6.07) is 0.790. The zero-order valence-electron chi connectivity index (χ0n) is 10.8. The van der Waals surface area contributed by atoms with Crippen molar-refractivity contribution in [3.8, 4) is 0 Å². The van der Waals surface area contributed by atoms with E-state index in [4.69, 9.17) is 0 Å². The Bertz CT molecular complexity index is 404. The highest BCUT2D eigenvalue weighted by Gasteiger charge is 2.25. The van der Waals surface area contributed by atoms with Gasteiger partial charge >= 0.3 is 5.97 Å². The molecule has 0 saturated heterocycles. The first kappa shape index (κ1) is 13.3. The number of nitrogens with zero attached hydrogens (tertiary/aromatic N) is 2. The monoisotopic (exact) mass is 269 g/mol. The molecule has 0 spiro atoms. The average molecular weight is 269 g/mol. The fraction of sp³-hybridized carbons (Fsp3) is 0.667. The van der Waals surface area contributed by atoms with Crippen molar-refractivity contribution in [2.45, 2.75) is 25.3 Å². The third-order valence-electron chi connectivity index (χ3n) is 3.02. The molecule has 5 nitrogen and oxygen atoms in total. The summed E-state index contributed by atoms with van der Waals surface area (Å²) in [5.74, 6) is -0.250. The van der Waals surface area contributed by atoms with Crippen molar-refractivity contribution in [2.24, 2.45) is 0 Å². The van der Waals surface area contributed by atoms with E-state index in [0.29, 0.717) is 0 Å². The van der Waals surface area contributed by atoms with Crippen LogP contribution in [0.4, 0.5) is 5.13 Å². The summed E-state index contributed by atoms with van der Waals surface area (Å²) in [7, 11) is 3.55. The van der Waals surface area contributed by atoms with Crippen LogP contribution in [0.1, 0.15) is 18.5 Å². The number of hydrogen-bond acceptors (Lipinski definition) is 6. The Labute approximate surface area is 111 Å². The van der Waals surface area contributed by atoms with Crippen molar-refractivity contribution in [2.75, 3.05) is 32.6 Å². The van der Waals surface area contributed by atoms with Gasteiger partial charge in [0.2, 0.25) is 0 Å². The van der Waals surface area contributed by atoms with E-state index in [1.54, 1.807) is 0 Å². The van der Waals surface area contributed by atoms with E-state index in [1.165, 1.54) is 31.3 Å². The SMILES string of the molecule is COC(=O)Cc1csc(NCCN(C)C2CC2)n1. The van der Waals surface area contributed by atoms with Crippen molar-refractivity contribution in [3.05, 3.63) is 11.1 Å². The lowest BCUT2D eigenvalue weighted by atomic mass is 10.3. The smallest absolute Gasteiger partial charge is 0.311 e. The fourth-order valence-electron chi connectivity index (χ4n) is 1.73. The molecule has 0 aromatic carbocycles. The second kappa shape index (κ2) is 6.15. The molecular formula is C12H19N3O2S. The summed E-state index contributed by atoms with van der Waals surface area (Å²) in [6.45, 7) is 1.91. The Kier molecular flexibility index (Phi) is 4.54. The molecule has 1 N–H and O–H groups in total. The van der Waals surface area contributed by atoms with Gasteiger partial charge in [0.15, 0.2) is 5.13 Å². The molecule has 1 saturated carbocycles. The van der Waals surface area contributed by atoms with Crippen LogP contribution in [0.5, 0.6) is 0 Å². The van der Waals surface area contributed by atoms with Gasteiger partial charge in [-0.15, -0.1) is 11.3 Å². The Balaban J connectivity index is 1.70.